The maximum absolute atomic E-state index is 5.75. The van der Waals surface area contributed by atoms with Crippen molar-refractivity contribution in [3.63, 3.8) is 0 Å². The second-order valence-electron chi connectivity index (χ2n) is 2.89. The van der Waals surface area contributed by atoms with Crippen LogP contribution in [-0.2, 0) is 7.05 Å². The summed E-state index contributed by atoms with van der Waals surface area (Å²) >= 11 is 1.67. The number of nitrogen functional groups attached to an aromatic ring is 1. The molecule has 0 bridgehead atoms. The molecule has 0 unspecified atom stereocenters. The molecule has 0 atom stereocenters. The van der Waals surface area contributed by atoms with Crippen molar-refractivity contribution in [3.8, 4) is 10.6 Å². The van der Waals surface area contributed by atoms with E-state index in [9.17, 15) is 0 Å². The molecular formula is C10H11N2S+. The highest BCUT2D eigenvalue weighted by atomic mass is 32.1. The lowest BCUT2D eigenvalue weighted by molar-refractivity contribution is -0.641. The van der Waals surface area contributed by atoms with Crippen molar-refractivity contribution in [1.29, 1.82) is 0 Å². The van der Waals surface area contributed by atoms with Gasteiger partial charge in [-0.1, -0.05) is 29.5 Å². The highest BCUT2D eigenvalue weighted by Gasteiger charge is 2.10. The number of nitrogens with zero attached hydrogens (tertiary/aromatic N) is 1. The van der Waals surface area contributed by atoms with E-state index in [4.69, 9.17) is 5.73 Å². The number of benzene rings is 1. The minimum absolute atomic E-state index is 0.809. The second kappa shape index (κ2) is 3.18. The zero-order valence-electron chi connectivity index (χ0n) is 7.40. The second-order valence-corrected chi connectivity index (χ2v) is 3.75. The van der Waals surface area contributed by atoms with Crippen molar-refractivity contribution in [2.45, 2.75) is 0 Å². The predicted molar refractivity (Wildman–Crippen MR) is 55.3 cm³/mol. The smallest absolute Gasteiger partial charge is 0.283 e. The molecule has 0 aliphatic rings. The minimum atomic E-state index is 0.809. The lowest BCUT2D eigenvalue weighted by Crippen LogP contribution is -2.31. The van der Waals surface area contributed by atoms with Crippen LogP contribution < -0.4 is 10.3 Å². The van der Waals surface area contributed by atoms with Gasteiger partial charge in [0.25, 0.3) is 5.82 Å². The van der Waals surface area contributed by atoms with Gasteiger partial charge in [0.2, 0.25) is 0 Å². The van der Waals surface area contributed by atoms with Crippen molar-refractivity contribution in [2.24, 2.45) is 7.05 Å². The Balaban J connectivity index is 2.53. The number of hydrogen-bond donors (Lipinski definition) is 1. The average molecular weight is 191 g/mol. The standard InChI is InChI=1S/C10H11N2S/c1-12-9(11)7-13-10(12)8-5-3-2-4-6-8/h2-7H,11H2,1H3/q+1. The molecule has 0 spiro atoms. The molecule has 66 valence electrons. The van der Waals surface area contributed by atoms with Crippen LogP contribution in [0.3, 0.4) is 0 Å². The van der Waals surface area contributed by atoms with Crippen molar-refractivity contribution >= 4 is 17.2 Å². The summed E-state index contributed by atoms with van der Waals surface area (Å²) in [5.41, 5.74) is 6.97. The van der Waals surface area contributed by atoms with E-state index in [1.807, 2.05) is 35.2 Å². The molecule has 0 aliphatic heterocycles. The maximum Gasteiger partial charge on any atom is 0.283 e. The molecule has 0 fully saturated rings. The van der Waals surface area contributed by atoms with Gasteiger partial charge in [-0.05, 0) is 12.1 Å². The van der Waals surface area contributed by atoms with Gasteiger partial charge in [0.15, 0.2) is 5.01 Å². The third-order valence-electron chi connectivity index (χ3n) is 2.00. The normalized spacial score (nSPS) is 10.2. The number of thiazole rings is 1. The van der Waals surface area contributed by atoms with Gasteiger partial charge in [-0.2, -0.15) is 0 Å². The van der Waals surface area contributed by atoms with Gasteiger partial charge in [0.1, 0.15) is 0 Å². The first-order valence-electron chi connectivity index (χ1n) is 4.07. The molecule has 1 aromatic heterocycles. The highest BCUT2D eigenvalue weighted by Crippen LogP contribution is 2.21. The molecule has 0 amide bonds. The third kappa shape index (κ3) is 1.42. The average Bonchev–Trinajstić information content (AvgIpc) is 2.49. The van der Waals surface area contributed by atoms with E-state index in [-0.39, 0.29) is 0 Å². The topological polar surface area (TPSA) is 29.9 Å². The van der Waals surface area contributed by atoms with Crippen molar-refractivity contribution in [3.05, 3.63) is 35.7 Å². The molecule has 1 heterocycles. The van der Waals surface area contributed by atoms with Crippen LogP contribution in [0, 0.1) is 0 Å². The van der Waals surface area contributed by atoms with Crippen LogP contribution in [0.5, 0.6) is 0 Å². The molecule has 2 N–H and O–H groups in total. The van der Waals surface area contributed by atoms with Gasteiger partial charge in [-0.15, -0.1) is 0 Å². The van der Waals surface area contributed by atoms with Crippen LogP contribution in [0.4, 0.5) is 5.82 Å². The summed E-state index contributed by atoms with van der Waals surface area (Å²) in [6.07, 6.45) is 0. The first-order valence-corrected chi connectivity index (χ1v) is 4.95. The summed E-state index contributed by atoms with van der Waals surface area (Å²) in [4.78, 5) is 0. The van der Waals surface area contributed by atoms with E-state index in [1.54, 1.807) is 11.3 Å². The number of nitrogens with two attached hydrogens (primary N) is 1. The Morgan fingerprint density at radius 1 is 1.23 bits per heavy atom. The van der Waals surface area contributed by atoms with E-state index in [0.717, 1.165) is 5.82 Å². The summed E-state index contributed by atoms with van der Waals surface area (Å²) in [7, 11) is 1.98. The maximum atomic E-state index is 5.75. The molecule has 13 heavy (non-hydrogen) atoms. The molecule has 2 rings (SSSR count). The Labute approximate surface area is 81.3 Å². The lowest BCUT2D eigenvalue weighted by atomic mass is 10.2. The Kier molecular flexibility index (Phi) is 2.02. The van der Waals surface area contributed by atoms with Crippen LogP contribution in [0.2, 0.25) is 0 Å². The van der Waals surface area contributed by atoms with Gasteiger partial charge >= 0.3 is 0 Å². The number of anilines is 1. The summed E-state index contributed by atoms with van der Waals surface area (Å²) in [6.45, 7) is 0. The fourth-order valence-electron chi connectivity index (χ4n) is 1.23. The van der Waals surface area contributed by atoms with E-state index in [2.05, 4.69) is 12.1 Å². The van der Waals surface area contributed by atoms with Crippen molar-refractivity contribution < 1.29 is 4.57 Å². The van der Waals surface area contributed by atoms with E-state index < -0.39 is 0 Å². The molecule has 0 saturated carbocycles. The molecule has 0 radical (unpaired) electrons. The van der Waals surface area contributed by atoms with E-state index in [1.165, 1.54) is 10.6 Å². The Hall–Kier alpha value is -1.35. The Bertz CT molecular complexity index is 406. The van der Waals surface area contributed by atoms with Gasteiger partial charge in [-0.3, -0.25) is 5.73 Å². The zero-order valence-corrected chi connectivity index (χ0v) is 8.21. The van der Waals surface area contributed by atoms with E-state index >= 15 is 0 Å². The molecule has 2 nitrogen and oxygen atoms in total. The van der Waals surface area contributed by atoms with Gasteiger partial charge in [-0.25, -0.2) is 4.57 Å². The van der Waals surface area contributed by atoms with Gasteiger partial charge in [0, 0.05) is 5.56 Å². The van der Waals surface area contributed by atoms with E-state index in [0.29, 0.717) is 0 Å². The van der Waals surface area contributed by atoms with Crippen LogP contribution in [0.1, 0.15) is 0 Å². The third-order valence-corrected chi connectivity index (χ3v) is 3.10. The minimum Gasteiger partial charge on any atom is -0.286 e. The molecule has 2 aromatic rings. The summed E-state index contributed by atoms with van der Waals surface area (Å²) in [6, 6.07) is 10.3. The van der Waals surface area contributed by atoms with Crippen LogP contribution in [0.15, 0.2) is 35.7 Å². The van der Waals surface area contributed by atoms with Crippen LogP contribution in [-0.4, -0.2) is 0 Å². The Morgan fingerprint density at radius 2 is 1.92 bits per heavy atom. The zero-order chi connectivity index (χ0) is 9.26. The van der Waals surface area contributed by atoms with Gasteiger partial charge < -0.3 is 0 Å². The van der Waals surface area contributed by atoms with Crippen molar-refractivity contribution in [1.82, 2.24) is 0 Å². The quantitative estimate of drug-likeness (QED) is 0.685. The number of rotatable bonds is 1. The number of hydrogen-bond acceptors (Lipinski definition) is 2. The molecule has 3 heteroatoms. The molecule has 0 saturated heterocycles. The monoisotopic (exact) mass is 191 g/mol. The fraction of sp³-hybridized carbons (Fsp3) is 0.100. The SMILES string of the molecule is C[n+]1c(N)csc1-c1ccccc1. The van der Waals surface area contributed by atoms with Crippen LogP contribution >= 0.6 is 11.3 Å². The molecular weight excluding hydrogens is 180 g/mol. The summed E-state index contributed by atoms with van der Waals surface area (Å²) in [5, 5.41) is 3.15. The largest absolute Gasteiger partial charge is 0.286 e. The first-order chi connectivity index (χ1) is 6.29. The van der Waals surface area contributed by atoms with Crippen LogP contribution in [0.25, 0.3) is 10.6 Å². The Morgan fingerprint density at radius 3 is 2.46 bits per heavy atom. The molecule has 1 aromatic carbocycles. The lowest BCUT2D eigenvalue weighted by Gasteiger charge is -1.96. The molecule has 0 aliphatic carbocycles. The summed E-state index contributed by atoms with van der Waals surface area (Å²) in [5.74, 6) is 0.809. The highest BCUT2D eigenvalue weighted by molar-refractivity contribution is 7.13. The fourth-order valence-corrected chi connectivity index (χ4v) is 2.16. The van der Waals surface area contributed by atoms with Crippen molar-refractivity contribution in [2.75, 3.05) is 5.73 Å². The first kappa shape index (κ1) is 8.26. The number of aromatic nitrogens is 1. The van der Waals surface area contributed by atoms with Gasteiger partial charge in [0.05, 0.1) is 12.4 Å². The summed E-state index contributed by atoms with van der Waals surface area (Å²) < 4.78 is 2.00. The predicted octanol–water partition coefficient (Wildman–Crippen LogP) is 1.82.